The summed E-state index contributed by atoms with van der Waals surface area (Å²) < 4.78 is 7.96. The number of aromatic nitrogens is 2. The average molecular weight is 402 g/mol. The first-order valence-electron chi connectivity index (χ1n) is 9.01. The first-order chi connectivity index (χ1) is 13.0. The van der Waals surface area contributed by atoms with Gasteiger partial charge in [0, 0.05) is 24.8 Å². The van der Waals surface area contributed by atoms with Crippen LogP contribution >= 0.6 is 23.2 Å². The largest absolute Gasteiger partial charge is 0.458 e. The SMILES string of the molecule is Cc1cc(OC(C)N2CCc3ccccc3C2)nn1-c1ccc(Cl)c(Cl)c1. The Morgan fingerprint density at radius 3 is 2.59 bits per heavy atom. The van der Waals surface area contributed by atoms with Crippen LogP contribution in [0.15, 0.2) is 48.5 Å². The molecule has 0 amide bonds. The van der Waals surface area contributed by atoms with Crippen molar-refractivity contribution >= 4 is 23.2 Å². The topological polar surface area (TPSA) is 30.3 Å². The molecule has 0 spiro atoms. The van der Waals surface area contributed by atoms with Crippen LogP contribution in [-0.4, -0.2) is 27.5 Å². The van der Waals surface area contributed by atoms with Crippen molar-refractivity contribution in [2.45, 2.75) is 33.0 Å². The van der Waals surface area contributed by atoms with Crippen LogP contribution in [0.25, 0.3) is 5.69 Å². The molecule has 3 aromatic rings. The molecule has 0 fully saturated rings. The number of aryl methyl sites for hydroxylation is 1. The van der Waals surface area contributed by atoms with Gasteiger partial charge in [0.15, 0.2) is 6.23 Å². The highest BCUT2D eigenvalue weighted by Crippen LogP contribution is 2.27. The molecule has 0 aliphatic carbocycles. The Labute approximate surface area is 169 Å². The highest BCUT2D eigenvalue weighted by molar-refractivity contribution is 6.42. The van der Waals surface area contributed by atoms with Crippen LogP contribution in [0.4, 0.5) is 0 Å². The van der Waals surface area contributed by atoms with Gasteiger partial charge in [-0.25, -0.2) is 4.68 Å². The van der Waals surface area contributed by atoms with Crippen molar-refractivity contribution in [2.75, 3.05) is 6.54 Å². The van der Waals surface area contributed by atoms with Crippen molar-refractivity contribution < 1.29 is 4.74 Å². The van der Waals surface area contributed by atoms with E-state index in [4.69, 9.17) is 27.9 Å². The average Bonchev–Trinajstić information content (AvgIpc) is 3.03. The van der Waals surface area contributed by atoms with Gasteiger partial charge in [-0.15, -0.1) is 5.10 Å². The van der Waals surface area contributed by atoms with Gasteiger partial charge in [-0.05, 0) is 49.6 Å². The number of rotatable bonds is 4. The molecular weight excluding hydrogens is 381 g/mol. The molecule has 1 aliphatic heterocycles. The van der Waals surface area contributed by atoms with Crippen molar-refractivity contribution in [2.24, 2.45) is 0 Å². The van der Waals surface area contributed by atoms with Crippen molar-refractivity contribution in [1.82, 2.24) is 14.7 Å². The van der Waals surface area contributed by atoms with Crippen molar-refractivity contribution in [3.8, 4) is 11.6 Å². The molecule has 1 atom stereocenters. The maximum absolute atomic E-state index is 6.14. The number of hydrogen-bond acceptors (Lipinski definition) is 3. The second kappa shape index (κ2) is 7.55. The first kappa shape index (κ1) is 18.4. The fourth-order valence-electron chi connectivity index (χ4n) is 3.46. The van der Waals surface area contributed by atoms with E-state index in [9.17, 15) is 0 Å². The van der Waals surface area contributed by atoms with Crippen molar-refractivity contribution in [3.63, 3.8) is 0 Å². The summed E-state index contributed by atoms with van der Waals surface area (Å²) in [5.41, 5.74) is 4.63. The third kappa shape index (κ3) is 3.84. The van der Waals surface area contributed by atoms with E-state index >= 15 is 0 Å². The lowest BCUT2D eigenvalue weighted by atomic mass is 10.00. The van der Waals surface area contributed by atoms with Gasteiger partial charge in [0.2, 0.25) is 5.88 Å². The number of halogens is 2. The lowest BCUT2D eigenvalue weighted by Gasteiger charge is -2.33. The standard InChI is InChI=1S/C21H21Cl2N3O/c1-14-11-21(24-26(14)18-7-8-19(22)20(23)12-18)27-15(2)25-10-9-16-5-3-4-6-17(16)13-25/h3-8,11-12,15H,9-10,13H2,1-2H3. The second-order valence-corrected chi connectivity index (χ2v) is 7.65. The zero-order chi connectivity index (χ0) is 19.0. The first-order valence-corrected chi connectivity index (χ1v) is 9.76. The smallest absolute Gasteiger partial charge is 0.235 e. The normalized spacial score (nSPS) is 15.4. The maximum Gasteiger partial charge on any atom is 0.235 e. The van der Waals surface area contributed by atoms with Gasteiger partial charge >= 0.3 is 0 Å². The Hall–Kier alpha value is -2.01. The van der Waals surface area contributed by atoms with Crippen LogP contribution in [0.5, 0.6) is 5.88 Å². The Morgan fingerprint density at radius 2 is 1.81 bits per heavy atom. The maximum atomic E-state index is 6.14. The van der Waals surface area contributed by atoms with E-state index in [1.165, 1.54) is 11.1 Å². The Bertz CT molecular complexity index is 970. The van der Waals surface area contributed by atoms with E-state index < -0.39 is 0 Å². The summed E-state index contributed by atoms with van der Waals surface area (Å²) in [5.74, 6) is 0.602. The molecule has 0 saturated heterocycles. The summed E-state index contributed by atoms with van der Waals surface area (Å²) in [6.45, 7) is 5.93. The number of ether oxygens (including phenoxy) is 1. The summed E-state index contributed by atoms with van der Waals surface area (Å²) in [6, 6.07) is 16.0. The van der Waals surface area contributed by atoms with Crippen molar-refractivity contribution in [1.29, 1.82) is 0 Å². The Kier molecular flexibility index (Phi) is 5.13. The number of benzene rings is 2. The lowest BCUT2D eigenvalue weighted by Crippen LogP contribution is -2.40. The molecule has 4 rings (SSSR count). The molecule has 0 bridgehead atoms. The molecule has 27 heavy (non-hydrogen) atoms. The molecule has 0 radical (unpaired) electrons. The van der Waals surface area contributed by atoms with Gasteiger partial charge in [-0.2, -0.15) is 0 Å². The lowest BCUT2D eigenvalue weighted by molar-refractivity contribution is 0.0259. The van der Waals surface area contributed by atoms with Crippen LogP contribution < -0.4 is 4.74 Å². The van der Waals surface area contributed by atoms with Crippen LogP contribution in [-0.2, 0) is 13.0 Å². The zero-order valence-corrected chi connectivity index (χ0v) is 16.8. The summed E-state index contributed by atoms with van der Waals surface area (Å²) in [7, 11) is 0. The minimum Gasteiger partial charge on any atom is -0.458 e. The highest BCUT2D eigenvalue weighted by Gasteiger charge is 2.22. The van der Waals surface area contributed by atoms with Crippen LogP contribution in [0.3, 0.4) is 0 Å². The second-order valence-electron chi connectivity index (χ2n) is 6.84. The minimum atomic E-state index is -0.0603. The van der Waals surface area contributed by atoms with E-state index in [1.807, 2.05) is 23.7 Å². The van der Waals surface area contributed by atoms with Gasteiger partial charge in [0.05, 0.1) is 15.7 Å². The van der Waals surface area contributed by atoms with Gasteiger partial charge in [0.1, 0.15) is 0 Å². The molecule has 1 aliphatic rings. The van der Waals surface area contributed by atoms with Crippen LogP contribution in [0.1, 0.15) is 23.7 Å². The number of fused-ring (bicyclic) bond motifs is 1. The zero-order valence-electron chi connectivity index (χ0n) is 15.3. The molecule has 4 nitrogen and oxygen atoms in total. The fourth-order valence-corrected chi connectivity index (χ4v) is 3.75. The number of nitrogens with zero attached hydrogens (tertiary/aromatic N) is 3. The highest BCUT2D eigenvalue weighted by atomic mass is 35.5. The van der Waals surface area contributed by atoms with E-state index in [0.29, 0.717) is 15.9 Å². The van der Waals surface area contributed by atoms with Gasteiger partial charge in [-0.3, -0.25) is 4.90 Å². The summed E-state index contributed by atoms with van der Waals surface area (Å²) in [6.07, 6.45) is 0.982. The van der Waals surface area contributed by atoms with Crippen LogP contribution in [0, 0.1) is 6.92 Å². The van der Waals surface area contributed by atoms with E-state index in [2.05, 4.69) is 41.2 Å². The van der Waals surface area contributed by atoms with Gasteiger partial charge in [0.25, 0.3) is 0 Å². The van der Waals surface area contributed by atoms with E-state index in [-0.39, 0.29) is 6.23 Å². The summed E-state index contributed by atoms with van der Waals surface area (Å²) >= 11 is 12.2. The monoisotopic (exact) mass is 401 g/mol. The molecule has 2 aromatic carbocycles. The number of hydrogen-bond donors (Lipinski definition) is 0. The predicted octanol–water partition coefficient (Wildman–Crippen LogP) is 5.27. The quantitative estimate of drug-likeness (QED) is 0.596. The molecule has 6 heteroatoms. The molecule has 1 unspecified atom stereocenters. The van der Waals surface area contributed by atoms with Crippen molar-refractivity contribution in [3.05, 3.63) is 75.4 Å². The summed E-state index contributed by atoms with van der Waals surface area (Å²) in [4.78, 5) is 2.33. The molecular formula is C21H21Cl2N3O. The molecule has 0 saturated carbocycles. The fraction of sp³-hybridized carbons (Fsp3) is 0.286. The molecule has 2 heterocycles. The van der Waals surface area contributed by atoms with Crippen LogP contribution in [0.2, 0.25) is 10.0 Å². The Balaban J connectivity index is 1.49. The van der Waals surface area contributed by atoms with Gasteiger partial charge in [-0.1, -0.05) is 47.5 Å². The van der Waals surface area contributed by atoms with Gasteiger partial charge < -0.3 is 4.74 Å². The van der Waals surface area contributed by atoms with E-state index in [1.54, 1.807) is 12.1 Å². The molecule has 0 N–H and O–H groups in total. The van der Waals surface area contributed by atoms with E-state index in [0.717, 1.165) is 30.9 Å². The minimum absolute atomic E-state index is 0.0603. The predicted molar refractivity (Wildman–Crippen MR) is 109 cm³/mol. The Morgan fingerprint density at radius 1 is 1.04 bits per heavy atom. The molecule has 140 valence electrons. The third-order valence-corrected chi connectivity index (χ3v) is 5.72. The molecule has 1 aromatic heterocycles. The summed E-state index contributed by atoms with van der Waals surface area (Å²) in [5, 5.41) is 5.63. The third-order valence-electron chi connectivity index (χ3n) is 4.98.